The number of hydrogen-bond acceptors (Lipinski definition) is 4. The second-order valence-electron chi connectivity index (χ2n) is 7.03. The number of halogens is 6. The number of hydrogen-bond donors (Lipinski definition) is 0. The Morgan fingerprint density at radius 1 is 0.743 bits per heavy atom. The van der Waals surface area contributed by atoms with E-state index in [1.165, 1.54) is 12.1 Å². The van der Waals surface area contributed by atoms with Gasteiger partial charge < -0.3 is 18.9 Å². The molecule has 4 nitrogen and oxygen atoms in total. The van der Waals surface area contributed by atoms with Gasteiger partial charge in [0.05, 0.1) is 28.3 Å². The minimum atomic E-state index is -0.406. The van der Waals surface area contributed by atoms with Gasteiger partial charge in [0, 0.05) is 24.1 Å². The second kappa shape index (κ2) is 13.9. The third-order valence-corrected chi connectivity index (χ3v) is 5.76. The summed E-state index contributed by atoms with van der Waals surface area (Å²) in [7, 11) is 0. The molecule has 0 saturated carbocycles. The van der Waals surface area contributed by atoms with Crippen molar-refractivity contribution in [3.8, 4) is 23.0 Å². The van der Waals surface area contributed by atoms with Gasteiger partial charge in [-0.2, -0.15) is 0 Å². The molecule has 0 bridgehead atoms. The summed E-state index contributed by atoms with van der Waals surface area (Å²) in [5.41, 5.74) is 0.310. The first kappa shape index (κ1) is 27.6. The van der Waals surface area contributed by atoms with Crippen LogP contribution in [0.1, 0.15) is 12.0 Å². The summed E-state index contributed by atoms with van der Waals surface area (Å²) in [5.74, 6) is 1.65. The molecule has 10 heteroatoms. The summed E-state index contributed by atoms with van der Waals surface area (Å²) in [5, 5.41) is 0.965. The Hall–Kier alpha value is -2.02. The van der Waals surface area contributed by atoms with E-state index in [-0.39, 0.29) is 17.7 Å². The van der Waals surface area contributed by atoms with E-state index < -0.39 is 5.82 Å². The van der Waals surface area contributed by atoms with E-state index in [0.717, 1.165) is 0 Å². The predicted molar refractivity (Wildman–Crippen MR) is 140 cm³/mol. The third kappa shape index (κ3) is 8.85. The van der Waals surface area contributed by atoms with Gasteiger partial charge in [-0.1, -0.05) is 64.1 Å². The van der Waals surface area contributed by atoms with Gasteiger partial charge in [0.1, 0.15) is 40.8 Å². The van der Waals surface area contributed by atoms with Crippen LogP contribution in [0.25, 0.3) is 0 Å². The first-order valence-corrected chi connectivity index (χ1v) is 12.3. The van der Waals surface area contributed by atoms with E-state index in [2.05, 4.69) is 0 Å². The van der Waals surface area contributed by atoms with Gasteiger partial charge in [0.15, 0.2) is 5.75 Å². The summed E-state index contributed by atoms with van der Waals surface area (Å²) in [6.45, 7) is 0.960. The lowest BCUT2D eigenvalue weighted by Gasteiger charge is -2.13. The van der Waals surface area contributed by atoms with Gasteiger partial charge in [0.25, 0.3) is 0 Å². The highest BCUT2D eigenvalue weighted by atomic mass is 35.5. The molecule has 0 aliphatic heterocycles. The molecule has 0 N–H and O–H groups in total. The van der Waals surface area contributed by atoms with Crippen LogP contribution < -0.4 is 18.9 Å². The Balaban J connectivity index is 1.40. The summed E-state index contributed by atoms with van der Waals surface area (Å²) >= 11 is 29.6. The van der Waals surface area contributed by atoms with E-state index in [4.69, 9.17) is 77.0 Å². The van der Waals surface area contributed by atoms with Crippen LogP contribution in [0.3, 0.4) is 0 Å². The maximum absolute atomic E-state index is 13.8. The zero-order valence-corrected chi connectivity index (χ0v) is 22.0. The smallest absolute Gasteiger partial charge is 0.156 e. The Labute approximate surface area is 228 Å². The first-order chi connectivity index (χ1) is 16.8. The van der Waals surface area contributed by atoms with Gasteiger partial charge in [-0.05, 0) is 42.5 Å². The quantitative estimate of drug-likeness (QED) is 0.201. The SMILES string of the molecule is Fc1cccc(Cl)c1COc1ccc(OCCCOc2c(Cl)cc(OCC=C(Cl)Cl)cc2Cl)cc1. The maximum atomic E-state index is 13.8. The van der Waals surface area contributed by atoms with Crippen LogP contribution >= 0.6 is 58.0 Å². The van der Waals surface area contributed by atoms with Gasteiger partial charge in [-0.15, -0.1) is 0 Å². The summed E-state index contributed by atoms with van der Waals surface area (Å²) in [6, 6.07) is 14.7. The molecular formula is C25H20Cl5FO4. The monoisotopic (exact) mass is 578 g/mol. The topological polar surface area (TPSA) is 36.9 Å². The molecule has 0 spiro atoms. The molecule has 0 aliphatic carbocycles. The van der Waals surface area contributed by atoms with E-state index in [9.17, 15) is 4.39 Å². The van der Waals surface area contributed by atoms with Crippen molar-refractivity contribution in [1.29, 1.82) is 0 Å². The van der Waals surface area contributed by atoms with Crippen LogP contribution in [0.5, 0.6) is 23.0 Å². The van der Waals surface area contributed by atoms with Gasteiger partial charge in [-0.3, -0.25) is 0 Å². The summed E-state index contributed by atoms with van der Waals surface area (Å²) in [4.78, 5) is 0. The van der Waals surface area contributed by atoms with Crippen LogP contribution in [0.15, 0.2) is 65.2 Å². The molecule has 0 aromatic heterocycles. The predicted octanol–water partition coefficient (Wildman–Crippen LogP) is 8.91. The van der Waals surface area contributed by atoms with Crippen LogP contribution in [0, 0.1) is 5.82 Å². The zero-order chi connectivity index (χ0) is 25.2. The zero-order valence-electron chi connectivity index (χ0n) is 18.2. The fraction of sp³-hybridized carbons (Fsp3) is 0.200. The molecule has 0 saturated heterocycles. The highest BCUT2D eigenvalue weighted by Crippen LogP contribution is 2.37. The Morgan fingerprint density at radius 3 is 2.00 bits per heavy atom. The van der Waals surface area contributed by atoms with Crippen molar-refractivity contribution in [3.63, 3.8) is 0 Å². The molecule has 0 aliphatic rings. The number of rotatable bonds is 12. The third-order valence-electron chi connectivity index (χ3n) is 4.53. The lowest BCUT2D eigenvalue weighted by atomic mass is 10.2. The van der Waals surface area contributed by atoms with Crippen molar-refractivity contribution in [1.82, 2.24) is 0 Å². The highest BCUT2D eigenvalue weighted by Gasteiger charge is 2.11. The van der Waals surface area contributed by atoms with E-state index in [1.54, 1.807) is 48.5 Å². The minimum absolute atomic E-state index is 0.0279. The molecule has 0 radical (unpaired) electrons. The average molecular weight is 581 g/mol. The van der Waals surface area contributed by atoms with E-state index in [1.807, 2.05) is 0 Å². The van der Waals surface area contributed by atoms with Gasteiger partial charge >= 0.3 is 0 Å². The molecule has 186 valence electrons. The van der Waals surface area contributed by atoms with Crippen molar-refractivity contribution in [3.05, 3.63) is 91.6 Å². The second-order valence-corrected chi connectivity index (χ2v) is 9.26. The summed E-state index contributed by atoms with van der Waals surface area (Å²) in [6.07, 6.45) is 2.09. The molecular weight excluding hydrogens is 561 g/mol. The fourth-order valence-electron chi connectivity index (χ4n) is 2.84. The lowest BCUT2D eigenvalue weighted by Crippen LogP contribution is -2.06. The Kier molecular flexibility index (Phi) is 11.0. The first-order valence-electron chi connectivity index (χ1n) is 10.4. The van der Waals surface area contributed by atoms with Gasteiger partial charge in [0.2, 0.25) is 0 Å². The van der Waals surface area contributed by atoms with Crippen molar-refractivity contribution in [2.75, 3.05) is 19.8 Å². The van der Waals surface area contributed by atoms with Crippen molar-refractivity contribution in [2.24, 2.45) is 0 Å². The highest BCUT2D eigenvalue weighted by molar-refractivity contribution is 6.55. The Morgan fingerprint density at radius 2 is 1.37 bits per heavy atom. The van der Waals surface area contributed by atoms with Crippen molar-refractivity contribution < 1.29 is 23.3 Å². The van der Waals surface area contributed by atoms with Gasteiger partial charge in [-0.25, -0.2) is 4.39 Å². The number of ether oxygens (including phenoxy) is 4. The molecule has 0 atom stereocenters. The van der Waals surface area contributed by atoms with Crippen LogP contribution in [0.2, 0.25) is 15.1 Å². The fourth-order valence-corrected chi connectivity index (χ4v) is 3.76. The van der Waals surface area contributed by atoms with Crippen LogP contribution in [-0.4, -0.2) is 19.8 Å². The van der Waals surface area contributed by atoms with Crippen LogP contribution in [-0.2, 0) is 6.61 Å². The minimum Gasteiger partial charge on any atom is -0.493 e. The number of benzene rings is 3. The molecule has 3 aromatic carbocycles. The molecule has 0 amide bonds. The van der Waals surface area contributed by atoms with Crippen molar-refractivity contribution >= 4 is 58.0 Å². The molecule has 0 heterocycles. The lowest BCUT2D eigenvalue weighted by molar-refractivity contribution is 0.247. The molecule has 0 unspecified atom stereocenters. The molecule has 3 rings (SSSR count). The maximum Gasteiger partial charge on any atom is 0.156 e. The average Bonchev–Trinajstić information content (AvgIpc) is 2.80. The van der Waals surface area contributed by atoms with Crippen molar-refractivity contribution in [2.45, 2.75) is 13.0 Å². The van der Waals surface area contributed by atoms with Crippen LogP contribution in [0.4, 0.5) is 4.39 Å². The Bertz CT molecular complexity index is 1110. The summed E-state index contributed by atoms with van der Waals surface area (Å²) < 4.78 is 36.4. The standard InChI is InChI=1S/C25H20Cl5FO4/c26-20-3-1-4-23(31)19(20)15-35-17-7-5-16(6-8-17)32-10-2-11-34-25-21(27)13-18(14-22(25)28)33-12-9-24(29)30/h1,3-9,13-14H,2,10-12,15H2. The molecule has 0 fully saturated rings. The molecule has 35 heavy (non-hydrogen) atoms. The normalized spacial score (nSPS) is 10.6. The molecule has 3 aromatic rings. The largest absolute Gasteiger partial charge is 0.493 e. The van der Waals surface area contributed by atoms with E-state index in [0.29, 0.717) is 63.3 Å². The van der Waals surface area contributed by atoms with E-state index >= 15 is 0 Å².